The third-order valence-electron chi connectivity index (χ3n) is 6.73. The van der Waals surface area contributed by atoms with Crippen LogP contribution in [0.15, 0.2) is 108 Å². The maximum atomic E-state index is 14.6. The van der Waals surface area contributed by atoms with Crippen LogP contribution in [-0.4, -0.2) is 33.6 Å². The fourth-order valence-electron chi connectivity index (χ4n) is 4.77. The summed E-state index contributed by atoms with van der Waals surface area (Å²) in [7, 11) is 0. The number of anilines is 1. The number of oxazole rings is 1. The highest BCUT2D eigenvalue weighted by molar-refractivity contribution is 6.23. The molecule has 7 nitrogen and oxygen atoms in total. The van der Waals surface area contributed by atoms with Gasteiger partial charge in [0.15, 0.2) is 5.58 Å². The molecule has 0 radical (unpaired) electrons. The van der Waals surface area contributed by atoms with Gasteiger partial charge in [0.2, 0.25) is 11.8 Å². The first-order valence-corrected chi connectivity index (χ1v) is 12.4. The second-order valence-corrected chi connectivity index (χ2v) is 9.22. The van der Waals surface area contributed by atoms with Crippen molar-refractivity contribution in [3.8, 4) is 11.5 Å². The predicted octanol–water partition coefficient (Wildman–Crippen LogP) is 5.61. The number of halogens is 1. The number of carbonyl (C=O) groups excluding carboxylic acids is 3. The van der Waals surface area contributed by atoms with Crippen LogP contribution in [0.3, 0.4) is 0 Å². The van der Waals surface area contributed by atoms with E-state index >= 15 is 0 Å². The van der Waals surface area contributed by atoms with Crippen LogP contribution < -0.4 is 4.90 Å². The second kappa shape index (κ2) is 9.98. The topological polar surface area (TPSA) is 83.7 Å². The number of imide groups is 1. The quantitative estimate of drug-likeness (QED) is 0.273. The first-order chi connectivity index (χ1) is 19.0. The van der Waals surface area contributed by atoms with E-state index < -0.39 is 29.6 Å². The number of benzene rings is 4. The zero-order valence-electron chi connectivity index (χ0n) is 20.7. The Morgan fingerprint density at radius 3 is 2.33 bits per heavy atom. The van der Waals surface area contributed by atoms with Crippen molar-refractivity contribution in [1.82, 2.24) is 9.88 Å². The Balaban J connectivity index is 1.30. The van der Waals surface area contributed by atoms with Crippen LogP contribution in [0.1, 0.15) is 22.3 Å². The lowest BCUT2D eigenvalue weighted by Crippen LogP contribution is -2.45. The molecule has 1 aliphatic rings. The molecule has 1 fully saturated rings. The number of aromatic nitrogens is 1. The van der Waals surface area contributed by atoms with Crippen molar-refractivity contribution in [2.75, 3.05) is 4.90 Å². The maximum Gasteiger partial charge on any atom is 0.257 e. The average molecular weight is 520 g/mol. The Kier molecular flexibility index (Phi) is 6.20. The summed E-state index contributed by atoms with van der Waals surface area (Å²) in [6.07, 6.45) is -0.210. The van der Waals surface area contributed by atoms with Crippen LogP contribution in [-0.2, 0) is 16.1 Å². The molecule has 39 heavy (non-hydrogen) atoms. The van der Waals surface area contributed by atoms with E-state index in [0.29, 0.717) is 22.7 Å². The predicted molar refractivity (Wildman–Crippen MR) is 143 cm³/mol. The highest BCUT2D eigenvalue weighted by Crippen LogP contribution is 2.31. The molecule has 1 unspecified atom stereocenters. The van der Waals surface area contributed by atoms with Crippen molar-refractivity contribution in [2.45, 2.75) is 19.0 Å². The van der Waals surface area contributed by atoms with E-state index in [4.69, 9.17) is 4.42 Å². The first-order valence-electron chi connectivity index (χ1n) is 12.4. The summed E-state index contributed by atoms with van der Waals surface area (Å²) in [5, 5.41) is 0. The van der Waals surface area contributed by atoms with Crippen LogP contribution in [0.4, 0.5) is 10.1 Å². The minimum absolute atomic E-state index is 0.0438. The molecule has 0 aliphatic carbocycles. The van der Waals surface area contributed by atoms with E-state index in [1.54, 1.807) is 30.3 Å². The molecule has 3 amide bonds. The van der Waals surface area contributed by atoms with Gasteiger partial charge >= 0.3 is 0 Å². The van der Waals surface area contributed by atoms with Crippen LogP contribution in [0.25, 0.3) is 22.6 Å². The summed E-state index contributed by atoms with van der Waals surface area (Å²) < 4.78 is 20.4. The summed E-state index contributed by atoms with van der Waals surface area (Å²) in [4.78, 5) is 47.1. The van der Waals surface area contributed by atoms with Gasteiger partial charge in [-0.1, -0.05) is 54.6 Å². The van der Waals surface area contributed by atoms with Gasteiger partial charge in [0.25, 0.3) is 11.8 Å². The van der Waals surface area contributed by atoms with E-state index in [1.807, 2.05) is 54.6 Å². The van der Waals surface area contributed by atoms with E-state index in [0.717, 1.165) is 16.0 Å². The summed E-state index contributed by atoms with van der Waals surface area (Å²) in [6, 6.07) is 27.8. The summed E-state index contributed by atoms with van der Waals surface area (Å²) in [5.74, 6) is -1.92. The molecule has 8 heteroatoms. The molecule has 1 atom stereocenters. The van der Waals surface area contributed by atoms with Crippen LogP contribution in [0.2, 0.25) is 0 Å². The number of hydrogen-bond acceptors (Lipinski definition) is 5. The van der Waals surface area contributed by atoms with Crippen molar-refractivity contribution in [3.63, 3.8) is 0 Å². The Hall–Kier alpha value is -5.11. The molecule has 192 valence electrons. The highest BCUT2D eigenvalue weighted by atomic mass is 19.1. The van der Waals surface area contributed by atoms with Gasteiger partial charge in [-0.3, -0.25) is 14.4 Å². The number of amides is 3. The minimum Gasteiger partial charge on any atom is -0.436 e. The van der Waals surface area contributed by atoms with Gasteiger partial charge in [-0.25, -0.2) is 14.3 Å². The van der Waals surface area contributed by atoms with Gasteiger partial charge < -0.3 is 9.32 Å². The normalized spacial score (nSPS) is 15.2. The number of nitrogens with zero attached hydrogens (tertiary/aromatic N) is 3. The van der Waals surface area contributed by atoms with Gasteiger partial charge in [-0.15, -0.1) is 0 Å². The molecule has 6 rings (SSSR count). The molecular weight excluding hydrogens is 497 g/mol. The largest absolute Gasteiger partial charge is 0.436 e. The lowest BCUT2D eigenvalue weighted by Gasteiger charge is -2.28. The third-order valence-corrected chi connectivity index (χ3v) is 6.73. The molecule has 2 heterocycles. The van der Waals surface area contributed by atoms with E-state index in [9.17, 15) is 18.8 Å². The Bertz CT molecular complexity index is 1670. The van der Waals surface area contributed by atoms with E-state index in [1.165, 1.54) is 23.1 Å². The molecule has 4 aromatic carbocycles. The number of hydrogen-bond donors (Lipinski definition) is 0. The lowest BCUT2D eigenvalue weighted by atomic mass is 10.1. The standard InChI is InChI=1S/C31H22FN3O4/c32-24-11-5-4-10-23(24)30(37)34(19-20-8-2-1-3-9-20)26-18-28(36)35(31(26)38)22-16-14-21(15-17-22)29-33-25-12-6-7-13-27(25)39-29/h1-17,26H,18-19H2. The lowest BCUT2D eigenvalue weighted by molar-refractivity contribution is -0.122. The molecule has 0 N–H and O–H groups in total. The molecule has 0 spiro atoms. The monoisotopic (exact) mass is 519 g/mol. The summed E-state index contributed by atoms with van der Waals surface area (Å²) >= 11 is 0. The molecule has 5 aromatic rings. The number of rotatable bonds is 6. The molecule has 1 saturated heterocycles. The van der Waals surface area contributed by atoms with Crippen molar-refractivity contribution in [1.29, 1.82) is 0 Å². The molecular formula is C31H22FN3O4. The molecule has 1 aromatic heterocycles. The van der Waals surface area contributed by atoms with Gasteiger partial charge in [0, 0.05) is 12.1 Å². The van der Waals surface area contributed by atoms with Crippen LogP contribution >= 0.6 is 0 Å². The maximum absolute atomic E-state index is 14.6. The van der Waals surface area contributed by atoms with Crippen molar-refractivity contribution < 1.29 is 23.2 Å². The summed E-state index contributed by atoms with van der Waals surface area (Å²) in [6.45, 7) is 0.0438. The van der Waals surface area contributed by atoms with Crippen molar-refractivity contribution >= 4 is 34.5 Å². The van der Waals surface area contributed by atoms with Gasteiger partial charge in [-0.05, 0) is 54.1 Å². The van der Waals surface area contributed by atoms with Gasteiger partial charge in [0.05, 0.1) is 17.7 Å². The number of para-hydroxylation sites is 2. The number of carbonyl (C=O) groups is 3. The average Bonchev–Trinajstić information content (AvgIpc) is 3.52. The first kappa shape index (κ1) is 24.2. The Morgan fingerprint density at radius 1 is 0.897 bits per heavy atom. The van der Waals surface area contributed by atoms with Crippen molar-refractivity contribution in [3.05, 3.63) is 120 Å². The number of fused-ring (bicyclic) bond motifs is 1. The minimum atomic E-state index is -1.08. The fraction of sp³-hybridized carbons (Fsp3) is 0.0968. The smallest absolute Gasteiger partial charge is 0.257 e. The SMILES string of the molecule is O=C1CC(N(Cc2ccccc2)C(=O)c2ccccc2F)C(=O)N1c1ccc(-c2nc3ccccc3o2)cc1. The van der Waals surface area contributed by atoms with Gasteiger partial charge in [0.1, 0.15) is 17.4 Å². The highest BCUT2D eigenvalue weighted by Gasteiger charge is 2.44. The fourth-order valence-corrected chi connectivity index (χ4v) is 4.77. The second-order valence-electron chi connectivity index (χ2n) is 9.22. The Labute approximate surface area is 223 Å². The third kappa shape index (κ3) is 4.57. The van der Waals surface area contributed by atoms with Crippen LogP contribution in [0, 0.1) is 5.82 Å². The zero-order valence-corrected chi connectivity index (χ0v) is 20.7. The van der Waals surface area contributed by atoms with Crippen LogP contribution in [0.5, 0.6) is 0 Å². The van der Waals surface area contributed by atoms with Gasteiger partial charge in [-0.2, -0.15) is 0 Å². The molecule has 0 saturated carbocycles. The Morgan fingerprint density at radius 2 is 1.59 bits per heavy atom. The zero-order chi connectivity index (χ0) is 26.9. The van der Waals surface area contributed by atoms with Crippen molar-refractivity contribution in [2.24, 2.45) is 0 Å². The summed E-state index contributed by atoms with van der Waals surface area (Å²) in [5.41, 5.74) is 3.03. The molecule has 1 aliphatic heterocycles. The molecule has 0 bridgehead atoms. The van der Waals surface area contributed by atoms with E-state index in [2.05, 4.69) is 4.98 Å². The van der Waals surface area contributed by atoms with E-state index in [-0.39, 0.29) is 18.5 Å².